The van der Waals surface area contributed by atoms with Gasteiger partial charge in [-0.25, -0.2) is 13.9 Å². The van der Waals surface area contributed by atoms with E-state index in [0.717, 1.165) is 89.5 Å². The van der Waals surface area contributed by atoms with Crippen molar-refractivity contribution >= 4 is 18.0 Å². The van der Waals surface area contributed by atoms with Crippen molar-refractivity contribution in [2.24, 2.45) is 28.6 Å². The largest absolute Gasteiger partial charge is 0.446 e. The molecule has 4 saturated carbocycles. The number of piperazine rings is 1. The Bertz CT molecular complexity index is 1080. The first-order valence-electron chi connectivity index (χ1n) is 14.7. The van der Waals surface area contributed by atoms with Gasteiger partial charge in [-0.05, 0) is 105 Å². The highest BCUT2D eigenvalue weighted by molar-refractivity contribution is 7.96. The van der Waals surface area contributed by atoms with Crippen LogP contribution in [0.25, 0.3) is 0 Å². The van der Waals surface area contributed by atoms with Gasteiger partial charge in [-0.1, -0.05) is 25.8 Å². The monoisotopic (exact) mass is 544 g/mol. The Morgan fingerprint density at radius 2 is 1.82 bits per heavy atom. The molecule has 2 heterocycles. The Kier molecular flexibility index (Phi) is 6.92. The molecule has 8 heteroatoms. The molecule has 0 bridgehead atoms. The van der Waals surface area contributed by atoms with Crippen molar-refractivity contribution in [2.45, 2.75) is 89.3 Å². The molecule has 8 atom stereocenters. The summed E-state index contributed by atoms with van der Waals surface area (Å²) in [4.78, 5) is 26.4. The molecular weight excluding hydrogens is 500 g/mol. The lowest BCUT2D eigenvalue weighted by molar-refractivity contribution is -0.205. The van der Waals surface area contributed by atoms with Crippen molar-refractivity contribution in [3.63, 3.8) is 0 Å². The van der Waals surface area contributed by atoms with Gasteiger partial charge in [0.2, 0.25) is 0 Å². The molecule has 0 radical (unpaired) electrons. The van der Waals surface area contributed by atoms with Gasteiger partial charge in [0.15, 0.2) is 0 Å². The van der Waals surface area contributed by atoms with Crippen molar-refractivity contribution in [2.75, 3.05) is 32.4 Å². The number of amides is 1. The van der Waals surface area contributed by atoms with E-state index in [1.54, 1.807) is 18.2 Å². The minimum absolute atomic E-state index is 0.0104. The van der Waals surface area contributed by atoms with E-state index in [9.17, 15) is 14.7 Å². The maximum atomic E-state index is 12.9. The Labute approximate surface area is 230 Å². The van der Waals surface area contributed by atoms with Gasteiger partial charge in [0.05, 0.1) is 11.9 Å². The van der Waals surface area contributed by atoms with Gasteiger partial charge in [0.1, 0.15) is 6.10 Å². The van der Waals surface area contributed by atoms with Crippen LogP contribution in [0.5, 0.6) is 0 Å². The third-order valence-corrected chi connectivity index (χ3v) is 12.8. The minimum atomic E-state index is -0.688. The van der Waals surface area contributed by atoms with Crippen molar-refractivity contribution in [1.82, 2.24) is 9.21 Å². The van der Waals surface area contributed by atoms with Crippen LogP contribution in [0.2, 0.25) is 0 Å². The van der Waals surface area contributed by atoms with Gasteiger partial charge >= 0.3 is 11.7 Å². The quantitative estimate of drug-likeness (QED) is 0.518. The smallest absolute Gasteiger partial charge is 0.410 e. The number of ether oxygens (including phenoxy) is 1. The standard InChI is InChI=1S/C30H44N2O5S/c1-28-11-8-22(37-27(34)31-14-16-32(38-3)17-15-31)18-21(28)5-6-25-24(28)9-12-29(2)23(10-13-30(25,29)35)20-4-7-26(33)36-19-20/h4,7,19,21-25,35H,5-6,8-18H2,1-3H3. The van der Waals surface area contributed by atoms with Gasteiger partial charge < -0.3 is 19.2 Å². The van der Waals surface area contributed by atoms with Crippen LogP contribution in [0.1, 0.15) is 83.1 Å². The molecular formula is C30H44N2O5S. The third kappa shape index (κ3) is 4.15. The van der Waals surface area contributed by atoms with Crippen molar-refractivity contribution in [3.8, 4) is 0 Å². The molecule has 0 spiro atoms. The Balaban J connectivity index is 1.13. The van der Waals surface area contributed by atoms with Crippen LogP contribution in [0.15, 0.2) is 27.6 Å². The number of hydrogen-bond acceptors (Lipinski definition) is 7. The van der Waals surface area contributed by atoms with Crippen LogP contribution in [0, 0.1) is 28.6 Å². The molecule has 1 saturated heterocycles. The summed E-state index contributed by atoms with van der Waals surface area (Å²) in [5.74, 6) is 1.56. The van der Waals surface area contributed by atoms with Crippen LogP contribution in [-0.4, -0.2) is 64.5 Å². The maximum Gasteiger partial charge on any atom is 0.410 e. The number of hydrogen-bond donors (Lipinski definition) is 1. The molecule has 5 fully saturated rings. The van der Waals surface area contributed by atoms with Crippen LogP contribution in [0.4, 0.5) is 4.79 Å². The fourth-order valence-electron chi connectivity index (χ4n) is 9.66. The fourth-order valence-corrected chi connectivity index (χ4v) is 10.2. The van der Waals surface area contributed by atoms with E-state index in [0.29, 0.717) is 17.8 Å². The lowest BCUT2D eigenvalue weighted by Gasteiger charge is -2.63. The van der Waals surface area contributed by atoms with Crippen LogP contribution < -0.4 is 5.63 Å². The van der Waals surface area contributed by atoms with E-state index in [1.165, 1.54) is 6.07 Å². The summed E-state index contributed by atoms with van der Waals surface area (Å²) in [5, 5.41) is 12.4. The Morgan fingerprint density at radius 1 is 1.03 bits per heavy atom. The Morgan fingerprint density at radius 3 is 2.53 bits per heavy atom. The van der Waals surface area contributed by atoms with E-state index in [2.05, 4.69) is 24.4 Å². The van der Waals surface area contributed by atoms with E-state index in [4.69, 9.17) is 9.15 Å². The van der Waals surface area contributed by atoms with Gasteiger partial charge in [0.25, 0.3) is 0 Å². The second-order valence-electron chi connectivity index (χ2n) is 13.2. The molecule has 38 heavy (non-hydrogen) atoms. The zero-order chi connectivity index (χ0) is 26.7. The molecule has 8 unspecified atom stereocenters. The molecule has 4 aliphatic carbocycles. The zero-order valence-corrected chi connectivity index (χ0v) is 24.0. The summed E-state index contributed by atoms with van der Waals surface area (Å²) in [6.45, 7) is 8.03. The number of fused-ring (bicyclic) bond motifs is 5. The molecule has 5 aliphatic rings. The second-order valence-corrected chi connectivity index (χ2v) is 14.1. The van der Waals surface area contributed by atoms with Gasteiger partial charge in [-0.2, -0.15) is 0 Å². The average molecular weight is 545 g/mol. The molecule has 7 nitrogen and oxygen atoms in total. The lowest BCUT2D eigenvalue weighted by atomic mass is 9.43. The van der Waals surface area contributed by atoms with Gasteiger partial charge in [-0.3, -0.25) is 0 Å². The van der Waals surface area contributed by atoms with Crippen molar-refractivity contribution in [3.05, 3.63) is 34.4 Å². The van der Waals surface area contributed by atoms with Crippen molar-refractivity contribution in [1.29, 1.82) is 0 Å². The van der Waals surface area contributed by atoms with E-state index in [-0.39, 0.29) is 34.6 Å². The molecule has 1 N–H and O–H groups in total. The number of nitrogens with zero attached hydrogens (tertiary/aromatic N) is 2. The molecule has 1 aromatic rings. The molecule has 0 aromatic carbocycles. The molecule has 210 valence electrons. The summed E-state index contributed by atoms with van der Waals surface area (Å²) < 4.78 is 13.6. The topological polar surface area (TPSA) is 83.2 Å². The number of carbonyl (C=O) groups excluding carboxylic acids is 1. The summed E-state index contributed by atoms with van der Waals surface area (Å²) in [6.07, 6.45) is 12.6. The first-order chi connectivity index (χ1) is 18.2. The summed E-state index contributed by atoms with van der Waals surface area (Å²) >= 11 is 1.74. The van der Waals surface area contributed by atoms with Gasteiger partial charge in [-0.15, -0.1) is 0 Å². The second kappa shape index (κ2) is 9.84. The molecule has 1 aromatic heterocycles. The highest BCUT2D eigenvalue weighted by Gasteiger charge is 2.67. The molecule has 6 rings (SSSR count). The summed E-state index contributed by atoms with van der Waals surface area (Å²) in [7, 11) is 0. The zero-order valence-electron chi connectivity index (χ0n) is 23.2. The highest BCUT2D eigenvalue weighted by atomic mass is 32.2. The first kappa shape index (κ1) is 26.7. The SMILES string of the molecule is CSN1CCN(C(=O)OC2CCC3(C)C(CCC4C3CCC3(C)C(c5ccc(=O)oc5)CCC43O)C2)CC1. The summed E-state index contributed by atoms with van der Waals surface area (Å²) in [5.41, 5.74) is 0.0296. The minimum Gasteiger partial charge on any atom is -0.446 e. The number of carbonyl (C=O) groups is 1. The number of rotatable bonds is 3. The third-order valence-electron chi connectivity index (χ3n) is 12.0. The molecule has 1 amide bonds. The average Bonchev–Trinajstić information content (AvgIpc) is 3.20. The predicted molar refractivity (Wildman–Crippen MR) is 148 cm³/mol. The normalized spacial score (nSPS) is 43.2. The lowest BCUT2D eigenvalue weighted by Crippen LogP contribution is -2.62. The van der Waals surface area contributed by atoms with E-state index < -0.39 is 5.60 Å². The highest BCUT2D eigenvalue weighted by Crippen LogP contribution is 2.70. The Hall–Kier alpha value is -1.51. The van der Waals surface area contributed by atoms with Crippen LogP contribution >= 0.6 is 11.9 Å². The van der Waals surface area contributed by atoms with Gasteiger partial charge in [0, 0.05) is 37.7 Å². The van der Waals surface area contributed by atoms with E-state index in [1.807, 2.05) is 11.0 Å². The van der Waals surface area contributed by atoms with Crippen molar-refractivity contribution < 1.29 is 19.1 Å². The van der Waals surface area contributed by atoms with Crippen LogP contribution in [0.3, 0.4) is 0 Å². The van der Waals surface area contributed by atoms with Crippen LogP contribution in [-0.2, 0) is 4.74 Å². The molecule has 1 aliphatic heterocycles. The number of aliphatic hydroxyl groups is 1. The summed E-state index contributed by atoms with van der Waals surface area (Å²) in [6, 6.07) is 3.42. The first-order valence-corrected chi connectivity index (χ1v) is 15.9. The van der Waals surface area contributed by atoms with E-state index >= 15 is 0 Å². The maximum absolute atomic E-state index is 12.9. The predicted octanol–water partition coefficient (Wildman–Crippen LogP) is 5.28. The fraction of sp³-hybridized carbons (Fsp3) is 0.800.